The highest BCUT2D eigenvalue weighted by atomic mass is 32.2. The summed E-state index contributed by atoms with van der Waals surface area (Å²) in [6.07, 6.45) is 1.92. The van der Waals surface area contributed by atoms with Crippen molar-refractivity contribution >= 4 is 21.5 Å². The lowest BCUT2D eigenvalue weighted by Gasteiger charge is -2.31. The topological polar surface area (TPSA) is 84.9 Å². The minimum absolute atomic E-state index is 0.135. The second-order valence-corrected chi connectivity index (χ2v) is 10.1. The number of methoxy groups -OCH3 is 2. The lowest BCUT2D eigenvalue weighted by molar-refractivity contribution is 0.104. The van der Waals surface area contributed by atoms with Gasteiger partial charge in [-0.25, -0.2) is 8.42 Å². The minimum Gasteiger partial charge on any atom is -0.493 e. The average molecular weight is 493 g/mol. The molecule has 182 valence electrons. The fraction of sp³-hybridized carbons (Fsp3) is 0.222. The maximum Gasteiger partial charge on any atom is 0.270 e. The Labute approximate surface area is 206 Å². The number of carbonyl (C=O) groups is 1. The number of nitrogens with one attached hydrogen (secondary N) is 1. The number of sulfonamides is 1. The van der Waals surface area contributed by atoms with Crippen molar-refractivity contribution in [2.75, 3.05) is 25.1 Å². The summed E-state index contributed by atoms with van der Waals surface area (Å²) in [4.78, 5) is 12.9. The van der Waals surface area contributed by atoms with Gasteiger partial charge >= 0.3 is 0 Å². The number of fused-ring (bicyclic) bond motifs is 1. The number of carbonyl (C=O) groups excluding carboxylic acids is 1. The zero-order valence-corrected chi connectivity index (χ0v) is 20.8. The Hall–Kier alpha value is -3.78. The molecular weight excluding hydrogens is 464 g/mol. The first-order valence-corrected chi connectivity index (χ1v) is 12.7. The molecule has 3 aromatic rings. The van der Waals surface area contributed by atoms with Gasteiger partial charge in [0.25, 0.3) is 10.0 Å². The predicted octanol–water partition coefficient (Wildman–Crippen LogP) is 4.22. The molecule has 0 saturated heterocycles. The lowest BCUT2D eigenvalue weighted by Crippen LogP contribution is -2.39. The summed E-state index contributed by atoms with van der Waals surface area (Å²) in [5.41, 5.74) is 3.66. The molecule has 7 nitrogen and oxygen atoms in total. The summed E-state index contributed by atoms with van der Waals surface area (Å²) in [5.74, 6) is 0.744. The molecule has 4 rings (SSSR count). The van der Waals surface area contributed by atoms with E-state index in [2.05, 4.69) is 5.32 Å². The molecule has 0 bridgehead atoms. The Bertz CT molecular complexity index is 1360. The van der Waals surface area contributed by atoms with Crippen LogP contribution in [0.25, 0.3) is 0 Å². The zero-order valence-electron chi connectivity index (χ0n) is 19.9. The van der Waals surface area contributed by atoms with Crippen molar-refractivity contribution in [2.45, 2.75) is 19.9 Å². The average Bonchev–Trinajstić information content (AvgIpc) is 2.87. The minimum atomic E-state index is -4.05. The van der Waals surface area contributed by atoms with E-state index in [4.69, 9.17) is 9.47 Å². The van der Waals surface area contributed by atoms with Crippen LogP contribution in [0.4, 0.5) is 5.69 Å². The first-order valence-electron chi connectivity index (χ1n) is 11.2. The third-order valence-electron chi connectivity index (χ3n) is 5.90. The van der Waals surface area contributed by atoms with Crippen LogP contribution < -0.4 is 19.1 Å². The molecular formula is C27H28N2O5S. The van der Waals surface area contributed by atoms with E-state index in [1.165, 1.54) is 10.5 Å². The number of para-hydroxylation sites is 1. The van der Waals surface area contributed by atoms with E-state index >= 15 is 0 Å². The molecule has 0 radical (unpaired) electrons. The van der Waals surface area contributed by atoms with E-state index in [1.807, 2.05) is 49.4 Å². The first-order chi connectivity index (χ1) is 16.8. The summed E-state index contributed by atoms with van der Waals surface area (Å²) in [7, 11) is -0.904. The van der Waals surface area contributed by atoms with Gasteiger partial charge in [0.15, 0.2) is 16.4 Å². The molecule has 0 atom stereocenters. The maximum atomic E-state index is 13.5. The summed E-state index contributed by atoms with van der Waals surface area (Å²) >= 11 is 0. The smallest absolute Gasteiger partial charge is 0.270 e. The number of ketones is 1. The molecule has 1 heterocycles. The van der Waals surface area contributed by atoms with Gasteiger partial charge in [0.1, 0.15) is 0 Å². The predicted molar refractivity (Wildman–Crippen MR) is 136 cm³/mol. The SMILES string of the molecule is COc1ccc(CCN/C=C2\C(=O)c3ccccc3N(Cc3ccc(C)cc3)S2(=O)=O)cc1OC. The van der Waals surface area contributed by atoms with Crippen molar-refractivity contribution < 1.29 is 22.7 Å². The van der Waals surface area contributed by atoms with E-state index in [0.29, 0.717) is 35.7 Å². The second-order valence-electron chi connectivity index (χ2n) is 8.25. The van der Waals surface area contributed by atoms with Gasteiger partial charge in [-0.3, -0.25) is 9.10 Å². The standard InChI is InChI=1S/C27H28N2O5S/c1-19-8-10-21(11-9-19)18-29-23-7-5-4-6-22(23)27(30)26(35(29,31)32)17-28-15-14-20-12-13-24(33-2)25(16-20)34-3/h4-13,16-17,28H,14-15,18H2,1-3H3/b26-17+. The van der Waals surface area contributed by atoms with Gasteiger partial charge in [-0.2, -0.15) is 0 Å². The van der Waals surface area contributed by atoms with Gasteiger partial charge in [0.2, 0.25) is 5.78 Å². The molecule has 1 N–H and O–H groups in total. The summed E-state index contributed by atoms with van der Waals surface area (Å²) in [5, 5.41) is 3.02. The van der Waals surface area contributed by atoms with Gasteiger partial charge < -0.3 is 14.8 Å². The molecule has 35 heavy (non-hydrogen) atoms. The highest BCUT2D eigenvalue weighted by Gasteiger charge is 2.39. The quantitative estimate of drug-likeness (QED) is 0.374. The molecule has 0 aromatic heterocycles. The van der Waals surface area contributed by atoms with Crippen molar-refractivity contribution in [3.8, 4) is 11.5 Å². The van der Waals surface area contributed by atoms with Crippen molar-refractivity contribution in [1.29, 1.82) is 0 Å². The van der Waals surface area contributed by atoms with Crippen LogP contribution in [0.2, 0.25) is 0 Å². The summed E-state index contributed by atoms with van der Waals surface area (Å²) < 4.78 is 39.0. The van der Waals surface area contributed by atoms with Crippen LogP contribution in [0, 0.1) is 6.92 Å². The van der Waals surface area contributed by atoms with Crippen molar-refractivity contribution in [3.63, 3.8) is 0 Å². The second kappa shape index (κ2) is 10.2. The number of anilines is 1. The van der Waals surface area contributed by atoms with Crippen molar-refractivity contribution in [1.82, 2.24) is 5.32 Å². The Balaban J connectivity index is 1.57. The maximum absolute atomic E-state index is 13.5. The van der Waals surface area contributed by atoms with Crippen molar-refractivity contribution in [2.24, 2.45) is 0 Å². The normalized spacial score (nSPS) is 15.6. The molecule has 3 aromatic carbocycles. The number of ether oxygens (including phenoxy) is 2. The highest BCUT2D eigenvalue weighted by Crippen LogP contribution is 2.36. The lowest BCUT2D eigenvalue weighted by atomic mass is 10.1. The number of allylic oxidation sites excluding steroid dienone is 1. The molecule has 0 aliphatic carbocycles. The molecule has 8 heteroatoms. The van der Waals surface area contributed by atoms with Gasteiger partial charge in [-0.15, -0.1) is 0 Å². The first kappa shape index (κ1) is 24.3. The molecule has 0 fully saturated rings. The Kier molecular flexibility index (Phi) is 7.12. The van der Waals surface area contributed by atoms with Gasteiger partial charge in [-0.1, -0.05) is 48.0 Å². The van der Waals surface area contributed by atoms with E-state index < -0.39 is 15.8 Å². The van der Waals surface area contributed by atoms with Crippen LogP contribution in [0.5, 0.6) is 11.5 Å². The zero-order chi connectivity index (χ0) is 25.0. The molecule has 0 saturated carbocycles. The molecule has 1 aliphatic rings. The van der Waals surface area contributed by atoms with Crippen LogP contribution in [-0.2, 0) is 23.0 Å². The van der Waals surface area contributed by atoms with Crippen LogP contribution in [0.1, 0.15) is 27.0 Å². The third kappa shape index (κ3) is 5.02. The molecule has 0 unspecified atom stereocenters. The summed E-state index contributed by atoms with van der Waals surface area (Å²) in [6.45, 7) is 2.54. The van der Waals surface area contributed by atoms with Crippen LogP contribution in [0.15, 0.2) is 77.8 Å². The Morgan fingerprint density at radius 2 is 1.60 bits per heavy atom. The molecule has 0 amide bonds. The molecule has 1 aliphatic heterocycles. The van der Waals surface area contributed by atoms with Crippen LogP contribution >= 0.6 is 0 Å². The Morgan fingerprint density at radius 3 is 2.31 bits per heavy atom. The van der Waals surface area contributed by atoms with E-state index in [1.54, 1.807) is 38.5 Å². The van der Waals surface area contributed by atoms with Crippen LogP contribution in [0.3, 0.4) is 0 Å². The number of aryl methyl sites for hydroxylation is 1. The van der Waals surface area contributed by atoms with Gasteiger partial charge in [-0.05, 0) is 48.7 Å². The summed E-state index contributed by atoms with van der Waals surface area (Å²) in [6, 6.07) is 20.1. The molecule has 0 spiro atoms. The number of nitrogens with zero attached hydrogens (tertiary/aromatic N) is 1. The number of benzene rings is 3. The number of Topliss-reactive ketones (excluding diaryl/α,β-unsaturated/α-hetero) is 1. The van der Waals surface area contributed by atoms with Gasteiger partial charge in [0, 0.05) is 18.3 Å². The fourth-order valence-electron chi connectivity index (χ4n) is 3.97. The Morgan fingerprint density at radius 1 is 0.914 bits per heavy atom. The fourth-order valence-corrected chi connectivity index (χ4v) is 5.52. The number of hydrogen-bond acceptors (Lipinski definition) is 6. The van der Waals surface area contributed by atoms with Crippen LogP contribution in [-0.4, -0.2) is 35.0 Å². The van der Waals surface area contributed by atoms with E-state index in [0.717, 1.165) is 16.7 Å². The third-order valence-corrected chi connectivity index (χ3v) is 7.66. The van der Waals surface area contributed by atoms with E-state index in [-0.39, 0.29) is 11.4 Å². The highest BCUT2D eigenvalue weighted by molar-refractivity contribution is 7.97. The monoisotopic (exact) mass is 492 g/mol. The number of rotatable bonds is 8. The van der Waals surface area contributed by atoms with E-state index in [9.17, 15) is 13.2 Å². The number of hydrogen-bond donors (Lipinski definition) is 1. The van der Waals surface area contributed by atoms with Crippen molar-refractivity contribution in [3.05, 3.63) is 100 Å². The van der Waals surface area contributed by atoms with Gasteiger partial charge in [0.05, 0.1) is 26.5 Å². The largest absolute Gasteiger partial charge is 0.493 e.